The standard InChI is InChI=1S/C28H28ClFN4O2/c1-33-14-12-18(13-15-33)2-8-23-17-25(32-34(23)22-9-10-22)28(36)31-27(19-3-5-20(29)6-4-19)24-16-21(30)7-11-26(24)35/h3-7,11,16-18,22,27,35H,9-10,12-15H2,1H3,(H,31,36)/t27-/m1/s1. The Balaban J connectivity index is 1.43. The fourth-order valence-corrected chi connectivity index (χ4v) is 4.61. The summed E-state index contributed by atoms with van der Waals surface area (Å²) in [5.41, 5.74) is 1.87. The number of rotatable bonds is 5. The van der Waals surface area contributed by atoms with E-state index >= 15 is 0 Å². The highest BCUT2D eigenvalue weighted by Crippen LogP contribution is 2.36. The predicted molar refractivity (Wildman–Crippen MR) is 136 cm³/mol. The van der Waals surface area contributed by atoms with Gasteiger partial charge in [-0.1, -0.05) is 29.7 Å². The summed E-state index contributed by atoms with van der Waals surface area (Å²) in [6.07, 6.45) is 4.09. The monoisotopic (exact) mass is 506 g/mol. The molecule has 1 saturated heterocycles. The minimum absolute atomic E-state index is 0.121. The van der Waals surface area contributed by atoms with Gasteiger partial charge in [-0.05, 0) is 87.6 Å². The molecule has 2 N–H and O–H groups in total. The van der Waals surface area contributed by atoms with E-state index in [4.69, 9.17) is 11.6 Å². The Morgan fingerprint density at radius 2 is 1.86 bits per heavy atom. The molecular weight excluding hydrogens is 479 g/mol. The molecule has 6 nitrogen and oxygen atoms in total. The van der Waals surface area contributed by atoms with Gasteiger partial charge in [-0.15, -0.1) is 0 Å². The molecule has 0 radical (unpaired) electrons. The Hall–Kier alpha value is -3.34. The summed E-state index contributed by atoms with van der Waals surface area (Å²) in [7, 11) is 2.12. The van der Waals surface area contributed by atoms with Crippen molar-refractivity contribution in [2.45, 2.75) is 37.8 Å². The fourth-order valence-electron chi connectivity index (χ4n) is 4.48. The number of aromatic hydroxyl groups is 1. The number of hydrogen-bond acceptors (Lipinski definition) is 4. The zero-order valence-corrected chi connectivity index (χ0v) is 20.8. The number of carbonyl (C=O) groups is 1. The van der Waals surface area contributed by atoms with Crippen LogP contribution < -0.4 is 5.32 Å². The quantitative estimate of drug-likeness (QED) is 0.481. The topological polar surface area (TPSA) is 70.4 Å². The normalized spacial score (nSPS) is 17.3. The molecule has 1 amide bonds. The van der Waals surface area contributed by atoms with Crippen molar-refractivity contribution in [3.8, 4) is 17.6 Å². The molecule has 36 heavy (non-hydrogen) atoms. The van der Waals surface area contributed by atoms with Crippen LogP contribution >= 0.6 is 11.6 Å². The van der Waals surface area contributed by atoms with E-state index in [0.29, 0.717) is 16.5 Å². The summed E-state index contributed by atoms with van der Waals surface area (Å²) < 4.78 is 15.9. The molecule has 1 atom stereocenters. The summed E-state index contributed by atoms with van der Waals surface area (Å²) in [4.78, 5) is 15.7. The fraction of sp³-hybridized carbons (Fsp3) is 0.357. The van der Waals surface area contributed by atoms with Crippen molar-refractivity contribution in [3.05, 3.63) is 81.9 Å². The number of likely N-dealkylation sites (tertiary alicyclic amines) is 1. The van der Waals surface area contributed by atoms with Crippen LogP contribution in [0.5, 0.6) is 5.75 Å². The van der Waals surface area contributed by atoms with Crippen LogP contribution in [0.2, 0.25) is 5.02 Å². The third-order valence-electron chi connectivity index (χ3n) is 6.76. The van der Waals surface area contributed by atoms with Gasteiger partial charge in [0.1, 0.15) is 17.3 Å². The summed E-state index contributed by atoms with van der Waals surface area (Å²) in [6.45, 7) is 2.07. The molecule has 0 spiro atoms. The van der Waals surface area contributed by atoms with E-state index in [-0.39, 0.29) is 23.0 Å². The van der Waals surface area contributed by atoms with Gasteiger partial charge in [-0.3, -0.25) is 9.48 Å². The molecule has 8 heteroatoms. The highest BCUT2D eigenvalue weighted by molar-refractivity contribution is 6.30. The lowest BCUT2D eigenvalue weighted by atomic mass is 9.97. The van der Waals surface area contributed by atoms with Gasteiger partial charge >= 0.3 is 0 Å². The van der Waals surface area contributed by atoms with Crippen LogP contribution in [0.1, 0.15) is 65.1 Å². The lowest BCUT2D eigenvalue weighted by Gasteiger charge is -2.25. The average Bonchev–Trinajstić information content (AvgIpc) is 3.63. The molecule has 2 fully saturated rings. The lowest BCUT2D eigenvalue weighted by Crippen LogP contribution is -2.30. The maximum Gasteiger partial charge on any atom is 0.272 e. The van der Waals surface area contributed by atoms with Crippen molar-refractivity contribution in [2.24, 2.45) is 5.92 Å². The van der Waals surface area contributed by atoms with E-state index in [1.165, 1.54) is 18.2 Å². The average molecular weight is 507 g/mol. The molecule has 0 unspecified atom stereocenters. The number of aromatic nitrogens is 2. The second-order valence-electron chi connectivity index (χ2n) is 9.60. The lowest BCUT2D eigenvalue weighted by molar-refractivity contribution is 0.0936. The number of nitrogens with one attached hydrogen (secondary N) is 1. The zero-order chi connectivity index (χ0) is 25.2. The first-order chi connectivity index (χ1) is 17.4. The van der Waals surface area contributed by atoms with Gasteiger partial charge in [0.15, 0.2) is 5.69 Å². The minimum atomic E-state index is -0.801. The maximum atomic E-state index is 14.1. The molecule has 5 rings (SSSR count). The zero-order valence-electron chi connectivity index (χ0n) is 20.0. The number of benzene rings is 2. The van der Waals surface area contributed by atoms with Crippen molar-refractivity contribution in [1.29, 1.82) is 0 Å². The van der Waals surface area contributed by atoms with Crippen molar-refractivity contribution < 1.29 is 14.3 Å². The molecule has 3 aromatic rings. The van der Waals surface area contributed by atoms with Crippen LogP contribution in [0, 0.1) is 23.6 Å². The van der Waals surface area contributed by atoms with Gasteiger partial charge in [0.2, 0.25) is 0 Å². The largest absolute Gasteiger partial charge is 0.508 e. The highest BCUT2D eigenvalue weighted by atomic mass is 35.5. The Bertz CT molecular complexity index is 1320. The number of phenols is 1. The predicted octanol–water partition coefficient (Wildman–Crippen LogP) is 4.93. The molecule has 1 aromatic heterocycles. The van der Waals surface area contributed by atoms with E-state index in [9.17, 15) is 14.3 Å². The van der Waals surface area contributed by atoms with Crippen molar-refractivity contribution >= 4 is 17.5 Å². The van der Waals surface area contributed by atoms with Crippen LogP contribution in [0.4, 0.5) is 4.39 Å². The number of nitrogens with zero attached hydrogens (tertiary/aromatic N) is 3. The Kier molecular flexibility index (Phi) is 6.99. The number of phenolic OH excluding ortho intramolecular Hbond substituents is 1. The number of halogens is 2. The van der Waals surface area contributed by atoms with E-state index < -0.39 is 17.8 Å². The van der Waals surface area contributed by atoms with Crippen molar-refractivity contribution in [3.63, 3.8) is 0 Å². The Labute approximate surface area is 215 Å². The smallest absolute Gasteiger partial charge is 0.272 e. The molecule has 186 valence electrons. The Morgan fingerprint density at radius 1 is 1.14 bits per heavy atom. The van der Waals surface area contributed by atoms with E-state index in [1.807, 2.05) is 4.68 Å². The van der Waals surface area contributed by atoms with Gasteiger partial charge in [-0.25, -0.2) is 4.39 Å². The first-order valence-corrected chi connectivity index (χ1v) is 12.6. The van der Waals surface area contributed by atoms with Crippen molar-refractivity contribution in [1.82, 2.24) is 20.0 Å². The summed E-state index contributed by atoms with van der Waals surface area (Å²) in [5.74, 6) is 5.95. The van der Waals surface area contributed by atoms with Gasteiger partial charge < -0.3 is 15.3 Å². The molecule has 0 bridgehead atoms. The Morgan fingerprint density at radius 3 is 2.56 bits per heavy atom. The van der Waals surface area contributed by atoms with Crippen LogP contribution in [0.3, 0.4) is 0 Å². The van der Waals surface area contributed by atoms with Gasteiger partial charge in [-0.2, -0.15) is 5.10 Å². The van der Waals surface area contributed by atoms with Crippen LogP contribution in [0.15, 0.2) is 48.5 Å². The van der Waals surface area contributed by atoms with Crippen molar-refractivity contribution in [2.75, 3.05) is 20.1 Å². The number of amides is 1. The summed E-state index contributed by atoms with van der Waals surface area (Å²) in [5, 5.41) is 18.5. The molecule has 1 saturated carbocycles. The van der Waals surface area contributed by atoms with Crippen LogP contribution in [-0.4, -0.2) is 45.8 Å². The molecule has 1 aliphatic carbocycles. The first-order valence-electron chi connectivity index (χ1n) is 12.2. The number of hydrogen-bond donors (Lipinski definition) is 2. The summed E-state index contributed by atoms with van der Waals surface area (Å²) in [6, 6.07) is 11.7. The highest BCUT2D eigenvalue weighted by Gasteiger charge is 2.29. The summed E-state index contributed by atoms with van der Waals surface area (Å²) >= 11 is 6.04. The maximum absolute atomic E-state index is 14.1. The second kappa shape index (κ2) is 10.3. The molecule has 1 aliphatic heterocycles. The minimum Gasteiger partial charge on any atom is -0.508 e. The van der Waals surface area contributed by atoms with Gasteiger partial charge in [0.05, 0.1) is 12.1 Å². The number of carbonyl (C=O) groups excluding carboxylic acids is 1. The first kappa shape index (κ1) is 24.4. The molecule has 2 heterocycles. The van der Waals surface area contributed by atoms with Gasteiger partial charge in [0.25, 0.3) is 5.91 Å². The van der Waals surface area contributed by atoms with E-state index in [0.717, 1.165) is 44.5 Å². The van der Waals surface area contributed by atoms with Crippen LogP contribution in [0.25, 0.3) is 0 Å². The van der Waals surface area contributed by atoms with E-state index in [2.05, 4.69) is 34.2 Å². The SMILES string of the molecule is CN1CCC(C#Cc2cc(C(=O)N[C@H](c3ccc(Cl)cc3)c3cc(F)ccc3O)nn2C2CC2)CC1. The second-order valence-corrected chi connectivity index (χ2v) is 10.0. The van der Waals surface area contributed by atoms with Gasteiger partial charge in [0, 0.05) is 22.6 Å². The van der Waals surface area contributed by atoms with Crippen LogP contribution in [-0.2, 0) is 0 Å². The number of piperidine rings is 1. The molecule has 2 aliphatic rings. The third kappa shape index (κ3) is 5.56. The molecule has 2 aromatic carbocycles. The van der Waals surface area contributed by atoms with E-state index in [1.54, 1.807) is 30.3 Å². The molecular formula is C28H28ClFN4O2. The third-order valence-corrected chi connectivity index (χ3v) is 7.02.